The number of rotatable bonds is 3. The van der Waals surface area contributed by atoms with Crippen LogP contribution in [0.3, 0.4) is 0 Å². The van der Waals surface area contributed by atoms with Gasteiger partial charge in [-0.05, 0) is 38.2 Å². The van der Waals surface area contributed by atoms with Gasteiger partial charge in [0.2, 0.25) is 0 Å². The number of aromatic nitrogens is 1. The zero-order valence-electron chi connectivity index (χ0n) is 11.6. The molecule has 0 bridgehead atoms. The van der Waals surface area contributed by atoms with E-state index in [1.807, 2.05) is 0 Å². The summed E-state index contributed by atoms with van der Waals surface area (Å²) in [4.78, 5) is 25.0. The highest BCUT2D eigenvalue weighted by atomic mass is 32.1. The van der Waals surface area contributed by atoms with Gasteiger partial charge in [-0.3, -0.25) is 9.59 Å². The van der Waals surface area contributed by atoms with E-state index >= 15 is 0 Å². The van der Waals surface area contributed by atoms with Gasteiger partial charge in [0.05, 0.1) is 5.56 Å². The van der Waals surface area contributed by atoms with Crippen LogP contribution >= 0.6 is 11.3 Å². The summed E-state index contributed by atoms with van der Waals surface area (Å²) in [5.41, 5.74) is 7.11. The van der Waals surface area contributed by atoms with Crippen molar-refractivity contribution in [3.63, 3.8) is 0 Å². The van der Waals surface area contributed by atoms with Crippen molar-refractivity contribution in [3.05, 3.63) is 33.5 Å². The van der Waals surface area contributed by atoms with Crippen LogP contribution in [-0.4, -0.2) is 17.0 Å². The standard InChI is InChI=1S/C14H15N3O3S/c1-7-6-9(17-20-7)13(19)16-14-11(12(15)18)8-4-2-3-5-10(8)21-14/h6H,2-5H2,1H3,(H2,15,18)(H,16,19). The molecule has 0 unspecified atom stereocenters. The number of amides is 2. The van der Waals surface area contributed by atoms with E-state index in [1.165, 1.54) is 11.3 Å². The maximum absolute atomic E-state index is 12.1. The molecule has 0 spiro atoms. The van der Waals surface area contributed by atoms with Crippen molar-refractivity contribution in [1.82, 2.24) is 5.16 Å². The number of nitrogens with zero attached hydrogens (tertiary/aromatic N) is 1. The fourth-order valence-corrected chi connectivity index (χ4v) is 3.84. The Balaban J connectivity index is 1.93. The maximum Gasteiger partial charge on any atom is 0.278 e. The van der Waals surface area contributed by atoms with E-state index in [2.05, 4.69) is 10.5 Å². The van der Waals surface area contributed by atoms with Crippen LogP contribution in [0.2, 0.25) is 0 Å². The molecule has 0 saturated carbocycles. The zero-order valence-corrected chi connectivity index (χ0v) is 12.4. The SMILES string of the molecule is Cc1cc(C(=O)Nc2sc3c(c2C(N)=O)CCCC3)no1. The van der Waals surface area contributed by atoms with E-state index in [0.717, 1.165) is 36.1 Å². The highest BCUT2D eigenvalue weighted by Crippen LogP contribution is 2.38. The summed E-state index contributed by atoms with van der Waals surface area (Å²) in [5.74, 6) is -0.338. The van der Waals surface area contributed by atoms with Crippen LogP contribution < -0.4 is 11.1 Å². The van der Waals surface area contributed by atoms with Crippen LogP contribution in [0.4, 0.5) is 5.00 Å². The van der Waals surface area contributed by atoms with Gasteiger partial charge in [0, 0.05) is 10.9 Å². The highest BCUT2D eigenvalue weighted by molar-refractivity contribution is 7.17. The molecule has 1 aliphatic rings. The predicted octanol–water partition coefficient (Wildman–Crippen LogP) is 2.27. The van der Waals surface area contributed by atoms with Gasteiger partial charge in [-0.25, -0.2) is 0 Å². The lowest BCUT2D eigenvalue weighted by Crippen LogP contribution is -2.18. The summed E-state index contributed by atoms with van der Waals surface area (Å²) in [6.45, 7) is 1.71. The molecule has 0 aliphatic heterocycles. The minimum Gasteiger partial charge on any atom is -0.365 e. The molecular weight excluding hydrogens is 290 g/mol. The number of hydrogen-bond donors (Lipinski definition) is 2. The summed E-state index contributed by atoms with van der Waals surface area (Å²) in [5, 5.41) is 6.92. The maximum atomic E-state index is 12.1. The summed E-state index contributed by atoms with van der Waals surface area (Å²) in [6.07, 6.45) is 3.91. The highest BCUT2D eigenvalue weighted by Gasteiger charge is 2.25. The molecule has 7 heteroatoms. The largest absolute Gasteiger partial charge is 0.365 e. The Morgan fingerprint density at radius 1 is 1.38 bits per heavy atom. The molecule has 3 rings (SSSR count). The molecule has 0 aromatic carbocycles. The van der Waals surface area contributed by atoms with Crippen molar-refractivity contribution >= 4 is 28.2 Å². The summed E-state index contributed by atoms with van der Waals surface area (Å²) < 4.78 is 4.88. The minimum atomic E-state index is -0.499. The second-order valence-electron chi connectivity index (χ2n) is 5.06. The Kier molecular flexibility index (Phi) is 3.50. The smallest absolute Gasteiger partial charge is 0.278 e. The van der Waals surface area contributed by atoms with Gasteiger partial charge >= 0.3 is 0 Å². The fourth-order valence-electron chi connectivity index (χ4n) is 2.56. The van der Waals surface area contributed by atoms with Gasteiger partial charge in [0.25, 0.3) is 11.8 Å². The Morgan fingerprint density at radius 2 is 2.14 bits per heavy atom. The second kappa shape index (κ2) is 5.33. The molecule has 2 aromatic heterocycles. The van der Waals surface area contributed by atoms with E-state index < -0.39 is 11.8 Å². The number of primary amides is 1. The van der Waals surface area contributed by atoms with Crippen LogP contribution in [-0.2, 0) is 12.8 Å². The van der Waals surface area contributed by atoms with Gasteiger partial charge in [-0.15, -0.1) is 11.3 Å². The fraction of sp³-hybridized carbons (Fsp3) is 0.357. The van der Waals surface area contributed by atoms with Crippen molar-refractivity contribution < 1.29 is 14.1 Å². The van der Waals surface area contributed by atoms with E-state index in [0.29, 0.717) is 16.3 Å². The first-order valence-corrected chi connectivity index (χ1v) is 7.57. The van der Waals surface area contributed by atoms with Crippen LogP contribution in [0, 0.1) is 6.92 Å². The minimum absolute atomic E-state index is 0.189. The van der Waals surface area contributed by atoms with Crippen LogP contribution in [0.25, 0.3) is 0 Å². The Bertz CT molecular complexity index is 717. The summed E-state index contributed by atoms with van der Waals surface area (Å²) in [6, 6.07) is 1.55. The molecule has 0 atom stereocenters. The molecular formula is C14H15N3O3S. The summed E-state index contributed by atoms with van der Waals surface area (Å²) in [7, 11) is 0. The zero-order chi connectivity index (χ0) is 15.0. The first-order chi connectivity index (χ1) is 10.1. The van der Waals surface area contributed by atoms with Crippen molar-refractivity contribution in [1.29, 1.82) is 0 Å². The number of carbonyl (C=O) groups excluding carboxylic acids is 2. The van der Waals surface area contributed by atoms with Crippen molar-refractivity contribution in [2.45, 2.75) is 32.6 Å². The monoisotopic (exact) mass is 305 g/mol. The van der Waals surface area contributed by atoms with E-state index in [4.69, 9.17) is 10.3 Å². The topological polar surface area (TPSA) is 98.2 Å². The molecule has 0 fully saturated rings. The number of carbonyl (C=O) groups is 2. The number of hydrogen-bond acceptors (Lipinski definition) is 5. The molecule has 2 heterocycles. The predicted molar refractivity (Wildman–Crippen MR) is 78.7 cm³/mol. The number of aryl methyl sites for hydroxylation is 2. The van der Waals surface area contributed by atoms with Crippen LogP contribution in [0.1, 0.15) is 49.9 Å². The first-order valence-electron chi connectivity index (χ1n) is 6.75. The average Bonchev–Trinajstić information content (AvgIpc) is 3.01. The van der Waals surface area contributed by atoms with Crippen LogP contribution in [0.15, 0.2) is 10.6 Å². The lowest BCUT2D eigenvalue weighted by atomic mass is 9.95. The number of nitrogens with one attached hydrogen (secondary N) is 1. The van der Waals surface area contributed by atoms with E-state index in [1.54, 1.807) is 13.0 Å². The third-order valence-electron chi connectivity index (χ3n) is 3.51. The molecule has 1 aliphatic carbocycles. The number of nitrogens with two attached hydrogens (primary N) is 1. The normalized spacial score (nSPS) is 13.8. The molecule has 0 radical (unpaired) electrons. The van der Waals surface area contributed by atoms with Gasteiger partial charge in [0.15, 0.2) is 5.69 Å². The van der Waals surface area contributed by atoms with Gasteiger partial charge in [-0.1, -0.05) is 5.16 Å². The van der Waals surface area contributed by atoms with Gasteiger partial charge < -0.3 is 15.6 Å². The van der Waals surface area contributed by atoms with Crippen LogP contribution in [0.5, 0.6) is 0 Å². The average molecular weight is 305 g/mol. The molecule has 21 heavy (non-hydrogen) atoms. The Hall–Kier alpha value is -2.15. The summed E-state index contributed by atoms with van der Waals surface area (Å²) >= 11 is 1.43. The number of anilines is 1. The molecule has 2 aromatic rings. The van der Waals surface area contributed by atoms with Crippen molar-refractivity contribution in [2.75, 3.05) is 5.32 Å². The Labute approximate surface area is 125 Å². The molecule has 0 saturated heterocycles. The third kappa shape index (κ3) is 2.56. The lowest BCUT2D eigenvalue weighted by molar-refractivity contribution is 0.100. The first kappa shape index (κ1) is 13.8. The molecule has 2 amide bonds. The molecule has 110 valence electrons. The Morgan fingerprint density at radius 3 is 2.81 bits per heavy atom. The van der Waals surface area contributed by atoms with Crippen molar-refractivity contribution in [3.8, 4) is 0 Å². The van der Waals surface area contributed by atoms with Gasteiger partial charge in [0.1, 0.15) is 10.8 Å². The molecule has 3 N–H and O–H groups in total. The number of fused-ring (bicyclic) bond motifs is 1. The number of thiophene rings is 1. The third-order valence-corrected chi connectivity index (χ3v) is 4.71. The van der Waals surface area contributed by atoms with E-state index in [9.17, 15) is 9.59 Å². The second-order valence-corrected chi connectivity index (χ2v) is 6.16. The van der Waals surface area contributed by atoms with Gasteiger partial charge in [-0.2, -0.15) is 0 Å². The molecule has 6 nitrogen and oxygen atoms in total. The lowest BCUT2D eigenvalue weighted by Gasteiger charge is -2.11. The quantitative estimate of drug-likeness (QED) is 0.908. The van der Waals surface area contributed by atoms with E-state index in [-0.39, 0.29) is 5.69 Å². The van der Waals surface area contributed by atoms with Crippen molar-refractivity contribution in [2.24, 2.45) is 5.73 Å².